The monoisotopic (exact) mass is 331 g/mol. The highest BCUT2D eigenvalue weighted by atomic mass is 19.2. The van der Waals surface area contributed by atoms with Gasteiger partial charge in [-0.25, -0.2) is 13.8 Å². The summed E-state index contributed by atoms with van der Waals surface area (Å²) < 4.78 is 26.1. The molecule has 0 bridgehead atoms. The number of carbonyl (C=O) groups excluding carboxylic acids is 1. The first kappa shape index (κ1) is 16.4. The highest BCUT2D eigenvalue weighted by Gasteiger charge is 2.22. The number of aromatic nitrogens is 1. The zero-order valence-electron chi connectivity index (χ0n) is 13.4. The number of halogens is 2. The fourth-order valence-electron chi connectivity index (χ4n) is 2.71. The van der Waals surface area contributed by atoms with Crippen molar-refractivity contribution in [2.45, 2.75) is 19.8 Å². The fraction of sp³-hybridized carbons (Fsp3) is 0.333. The van der Waals surface area contributed by atoms with Crippen LogP contribution >= 0.6 is 0 Å². The van der Waals surface area contributed by atoms with Crippen molar-refractivity contribution in [3.63, 3.8) is 0 Å². The number of nitrogens with zero attached hydrogens (tertiary/aromatic N) is 2. The molecule has 1 amide bonds. The number of nitrogens with one attached hydrogen (secondary N) is 1. The average molecular weight is 331 g/mol. The molecule has 1 aromatic heterocycles. The van der Waals surface area contributed by atoms with Crippen molar-refractivity contribution in [1.29, 1.82) is 0 Å². The van der Waals surface area contributed by atoms with Crippen molar-refractivity contribution in [3.05, 3.63) is 53.9 Å². The molecule has 1 N–H and O–H groups in total. The van der Waals surface area contributed by atoms with Crippen LogP contribution in [0.2, 0.25) is 0 Å². The third-order valence-electron chi connectivity index (χ3n) is 4.26. The van der Waals surface area contributed by atoms with Gasteiger partial charge in [0.25, 0.3) is 5.91 Å². The Balaban J connectivity index is 1.66. The molecule has 2 heterocycles. The van der Waals surface area contributed by atoms with Crippen molar-refractivity contribution in [2.24, 2.45) is 5.92 Å². The van der Waals surface area contributed by atoms with Crippen LogP contribution < -0.4 is 5.32 Å². The molecule has 1 saturated heterocycles. The Labute approximate surface area is 139 Å². The summed E-state index contributed by atoms with van der Waals surface area (Å²) in [6.45, 7) is 3.71. The molecule has 2 aromatic rings. The SMILES string of the molecule is CC1CCN(C(=O)c2ccc(Nc3ccc(F)c(F)c3)cn2)CC1. The van der Waals surface area contributed by atoms with Crippen LogP contribution in [0.4, 0.5) is 20.2 Å². The van der Waals surface area contributed by atoms with Crippen LogP contribution in [0.25, 0.3) is 0 Å². The molecule has 0 unspecified atom stereocenters. The molecular formula is C18H19F2N3O. The summed E-state index contributed by atoms with van der Waals surface area (Å²) in [6.07, 6.45) is 3.55. The van der Waals surface area contributed by atoms with E-state index in [1.54, 1.807) is 12.1 Å². The minimum atomic E-state index is -0.918. The number of piperidine rings is 1. The Hall–Kier alpha value is -2.50. The summed E-state index contributed by atoms with van der Waals surface area (Å²) >= 11 is 0. The second-order valence-corrected chi connectivity index (χ2v) is 6.16. The van der Waals surface area contributed by atoms with Crippen molar-refractivity contribution in [2.75, 3.05) is 18.4 Å². The standard InChI is InChI=1S/C18H19F2N3O/c1-12-6-8-23(9-7-12)18(24)17-5-3-14(11-21-17)22-13-2-4-15(19)16(20)10-13/h2-5,10-12,22H,6-9H2,1H3. The van der Waals surface area contributed by atoms with Crippen LogP contribution in [0.5, 0.6) is 0 Å². The van der Waals surface area contributed by atoms with E-state index in [-0.39, 0.29) is 5.91 Å². The summed E-state index contributed by atoms with van der Waals surface area (Å²) in [6, 6.07) is 6.91. The van der Waals surface area contributed by atoms with Gasteiger partial charge < -0.3 is 10.2 Å². The molecule has 6 heteroatoms. The average Bonchev–Trinajstić information content (AvgIpc) is 2.59. The van der Waals surface area contributed by atoms with E-state index in [1.165, 1.54) is 12.3 Å². The van der Waals surface area contributed by atoms with Gasteiger partial charge in [0.1, 0.15) is 5.69 Å². The van der Waals surface area contributed by atoms with Gasteiger partial charge in [0.05, 0.1) is 11.9 Å². The van der Waals surface area contributed by atoms with Crippen molar-refractivity contribution in [1.82, 2.24) is 9.88 Å². The van der Waals surface area contributed by atoms with Gasteiger partial charge in [-0.1, -0.05) is 6.92 Å². The van der Waals surface area contributed by atoms with Crippen LogP contribution in [0, 0.1) is 17.6 Å². The first-order valence-corrected chi connectivity index (χ1v) is 8.00. The number of pyridine rings is 1. The highest BCUT2D eigenvalue weighted by molar-refractivity contribution is 5.92. The fourth-order valence-corrected chi connectivity index (χ4v) is 2.71. The first-order chi connectivity index (χ1) is 11.5. The Bertz CT molecular complexity index is 726. The summed E-state index contributed by atoms with van der Waals surface area (Å²) in [4.78, 5) is 18.4. The molecule has 24 heavy (non-hydrogen) atoms. The topological polar surface area (TPSA) is 45.2 Å². The maximum absolute atomic E-state index is 13.2. The molecule has 0 spiro atoms. The molecule has 126 valence electrons. The molecule has 0 radical (unpaired) electrons. The van der Waals surface area contributed by atoms with E-state index in [0.717, 1.165) is 38.1 Å². The van der Waals surface area contributed by atoms with Gasteiger partial charge >= 0.3 is 0 Å². The third-order valence-corrected chi connectivity index (χ3v) is 4.26. The predicted octanol–water partition coefficient (Wildman–Crippen LogP) is 3.98. The molecule has 4 nitrogen and oxygen atoms in total. The Morgan fingerprint density at radius 1 is 1.12 bits per heavy atom. The van der Waals surface area contributed by atoms with E-state index in [4.69, 9.17) is 0 Å². The molecule has 1 aliphatic heterocycles. The number of likely N-dealkylation sites (tertiary alicyclic amines) is 1. The van der Waals surface area contributed by atoms with E-state index in [2.05, 4.69) is 17.2 Å². The second kappa shape index (κ2) is 6.95. The van der Waals surface area contributed by atoms with E-state index < -0.39 is 11.6 Å². The number of carbonyl (C=O) groups is 1. The van der Waals surface area contributed by atoms with Crippen molar-refractivity contribution < 1.29 is 13.6 Å². The minimum absolute atomic E-state index is 0.0683. The minimum Gasteiger partial charge on any atom is -0.354 e. The zero-order chi connectivity index (χ0) is 17.1. The van der Waals surface area contributed by atoms with Gasteiger partial charge in [-0.3, -0.25) is 4.79 Å². The number of amides is 1. The number of benzene rings is 1. The van der Waals surface area contributed by atoms with Gasteiger partial charge in [0.15, 0.2) is 11.6 Å². The summed E-state index contributed by atoms with van der Waals surface area (Å²) in [7, 11) is 0. The Kier molecular flexibility index (Phi) is 4.74. The predicted molar refractivity (Wildman–Crippen MR) is 88.2 cm³/mol. The molecule has 0 atom stereocenters. The quantitative estimate of drug-likeness (QED) is 0.925. The number of hydrogen-bond acceptors (Lipinski definition) is 3. The molecule has 1 aromatic carbocycles. The number of anilines is 2. The lowest BCUT2D eigenvalue weighted by atomic mass is 9.99. The Morgan fingerprint density at radius 3 is 2.46 bits per heavy atom. The van der Waals surface area contributed by atoms with E-state index in [9.17, 15) is 13.6 Å². The van der Waals surface area contributed by atoms with Crippen LogP contribution in [0.15, 0.2) is 36.5 Å². The molecule has 1 fully saturated rings. The lowest BCUT2D eigenvalue weighted by Crippen LogP contribution is -2.38. The summed E-state index contributed by atoms with van der Waals surface area (Å²) in [5.74, 6) is -1.22. The van der Waals surface area contributed by atoms with E-state index in [1.807, 2.05) is 4.90 Å². The van der Waals surface area contributed by atoms with Gasteiger partial charge in [0.2, 0.25) is 0 Å². The Morgan fingerprint density at radius 2 is 1.83 bits per heavy atom. The molecular weight excluding hydrogens is 312 g/mol. The second-order valence-electron chi connectivity index (χ2n) is 6.16. The van der Waals surface area contributed by atoms with Crippen molar-refractivity contribution >= 4 is 17.3 Å². The smallest absolute Gasteiger partial charge is 0.272 e. The molecule has 1 aliphatic rings. The van der Waals surface area contributed by atoms with E-state index >= 15 is 0 Å². The normalized spacial score (nSPS) is 15.4. The number of hydrogen-bond donors (Lipinski definition) is 1. The van der Waals surface area contributed by atoms with Crippen LogP contribution in [0.3, 0.4) is 0 Å². The van der Waals surface area contributed by atoms with Gasteiger partial charge in [-0.15, -0.1) is 0 Å². The van der Waals surface area contributed by atoms with Gasteiger partial charge in [-0.05, 0) is 43.0 Å². The third kappa shape index (κ3) is 3.69. The van der Waals surface area contributed by atoms with Crippen LogP contribution in [0.1, 0.15) is 30.3 Å². The largest absolute Gasteiger partial charge is 0.354 e. The highest BCUT2D eigenvalue weighted by Crippen LogP contribution is 2.20. The lowest BCUT2D eigenvalue weighted by Gasteiger charge is -2.30. The van der Waals surface area contributed by atoms with Crippen molar-refractivity contribution in [3.8, 4) is 0 Å². The number of rotatable bonds is 3. The molecule has 0 saturated carbocycles. The van der Waals surface area contributed by atoms with E-state index in [0.29, 0.717) is 23.0 Å². The maximum Gasteiger partial charge on any atom is 0.272 e. The van der Waals surface area contributed by atoms with Crippen LogP contribution in [-0.2, 0) is 0 Å². The molecule has 3 rings (SSSR count). The molecule has 0 aliphatic carbocycles. The first-order valence-electron chi connectivity index (χ1n) is 8.00. The zero-order valence-corrected chi connectivity index (χ0v) is 13.4. The summed E-state index contributed by atoms with van der Waals surface area (Å²) in [5, 5.41) is 2.93. The lowest BCUT2D eigenvalue weighted by molar-refractivity contribution is 0.0691. The van der Waals surface area contributed by atoms with Crippen LogP contribution in [-0.4, -0.2) is 28.9 Å². The summed E-state index contributed by atoms with van der Waals surface area (Å²) in [5.41, 5.74) is 1.41. The maximum atomic E-state index is 13.2. The van der Waals surface area contributed by atoms with Gasteiger partial charge in [-0.2, -0.15) is 0 Å². The van der Waals surface area contributed by atoms with Gasteiger partial charge in [0, 0.05) is 24.8 Å².